The third-order valence-electron chi connectivity index (χ3n) is 3.96. The minimum atomic E-state index is -0.369. The van der Waals surface area contributed by atoms with Crippen LogP contribution in [0.15, 0.2) is 54.2 Å². The molecule has 0 atom stereocenters. The molecule has 0 saturated heterocycles. The van der Waals surface area contributed by atoms with E-state index in [0.29, 0.717) is 36.1 Å². The first-order valence-electron chi connectivity index (χ1n) is 9.61. The van der Waals surface area contributed by atoms with Gasteiger partial charge in [-0.15, -0.1) is 0 Å². The van der Waals surface area contributed by atoms with Crippen LogP contribution in [0.1, 0.15) is 36.7 Å². The molecule has 0 saturated carbocycles. The number of rotatable bonds is 9. The van der Waals surface area contributed by atoms with Crippen molar-refractivity contribution in [1.29, 1.82) is 0 Å². The van der Waals surface area contributed by atoms with Gasteiger partial charge in [-0.05, 0) is 60.9 Å². The molecule has 2 aromatic carbocycles. The van der Waals surface area contributed by atoms with Gasteiger partial charge >= 0.3 is 0 Å². The Hall–Kier alpha value is -3.28. The van der Waals surface area contributed by atoms with Crippen molar-refractivity contribution in [2.24, 2.45) is 5.92 Å². The van der Waals surface area contributed by atoms with E-state index in [-0.39, 0.29) is 17.5 Å². The number of amides is 2. The Bertz CT molecular complexity index is 840. The lowest BCUT2D eigenvalue weighted by Gasteiger charge is -2.12. The summed E-state index contributed by atoms with van der Waals surface area (Å²) in [6, 6.07) is 14.0. The number of carbonyl (C=O) groups is 2. The van der Waals surface area contributed by atoms with Crippen LogP contribution in [-0.4, -0.2) is 32.1 Å². The Morgan fingerprint density at radius 1 is 1.00 bits per heavy atom. The molecule has 0 spiro atoms. The molecule has 0 unspecified atom stereocenters. The Morgan fingerprint density at radius 3 is 2.17 bits per heavy atom. The van der Waals surface area contributed by atoms with Crippen molar-refractivity contribution in [3.63, 3.8) is 0 Å². The summed E-state index contributed by atoms with van der Waals surface area (Å²) >= 11 is 0. The molecule has 0 bridgehead atoms. The van der Waals surface area contributed by atoms with E-state index in [9.17, 15) is 9.59 Å². The van der Waals surface area contributed by atoms with Crippen LogP contribution in [0.5, 0.6) is 11.5 Å². The standard InChI is InChI=1S/C23H28N2O4/c1-5-24-23(27)21(14-17-6-10-19(28-4)11-7-17)25-22(26)18-8-12-20(13-9-18)29-15-16(2)3/h6-14,16H,5,15H2,1-4H3,(H,24,27)(H,25,26)/b21-14-. The van der Waals surface area contributed by atoms with Crippen molar-refractivity contribution in [2.75, 3.05) is 20.3 Å². The molecule has 2 N–H and O–H groups in total. The van der Waals surface area contributed by atoms with Crippen LogP contribution in [-0.2, 0) is 4.79 Å². The predicted molar refractivity (Wildman–Crippen MR) is 114 cm³/mol. The molecule has 0 aliphatic carbocycles. The van der Waals surface area contributed by atoms with E-state index in [1.807, 2.05) is 19.1 Å². The van der Waals surface area contributed by atoms with Crippen molar-refractivity contribution >= 4 is 17.9 Å². The summed E-state index contributed by atoms with van der Waals surface area (Å²) in [5.41, 5.74) is 1.37. The number of hydrogen-bond donors (Lipinski definition) is 2. The fourth-order valence-corrected chi connectivity index (χ4v) is 2.44. The summed E-state index contributed by atoms with van der Waals surface area (Å²) < 4.78 is 10.8. The second-order valence-electron chi connectivity index (χ2n) is 6.87. The first kappa shape index (κ1) is 22.0. The lowest BCUT2D eigenvalue weighted by atomic mass is 10.1. The third kappa shape index (κ3) is 6.99. The molecule has 2 amide bonds. The monoisotopic (exact) mass is 396 g/mol. The van der Waals surface area contributed by atoms with E-state index in [1.54, 1.807) is 49.6 Å². The molecule has 0 fully saturated rings. The summed E-state index contributed by atoms with van der Waals surface area (Å²) in [5.74, 6) is 1.11. The molecule has 0 heterocycles. The Balaban J connectivity index is 2.16. The molecule has 29 heavy (non-hydrogen) atoms. The molecule has 0 aliphatic heterocycles. The van der Waals surface area contributed by atoms with Crippen LogP contribution in [0, 0.1) is 5.92 Å². The number of carbonyl (C=O) groups excluding carboxylic acids is 2. The maximum Gasteiger partial charge on any atom is 0.267 e. The lowest BCUT2D eigenvalue weighted by molar-refractivity contribution is -0.117. The van der Waals surface area contributed by atoms with Crippen molar-refractivity contribution in [3.05, 3.63) is 65.4 Å². The fraction of sp³-hybridized carbons (Fsp3) is 0.304. The highest BCUT2D eigenvalue weighted by atomic mass is 16.5. The van der Waals surface area contributed by atoms with E-state index in [4.69, 9.17) is 9.47 Å². The van der Waals surface area contributed by atoms with Crippen molar-refractivity contribution in [3.8, 4) is 11.5 Å². The fourth-order valence-electron chi connectivity index (χ4n) is 2.44. The summed E-state index contributed by atoms with van der Waals surface area (Å²) in [5, 5.41) is 5.42. The number of likely N-dealkylation sites (N-methyl/N-ethyl adjacent to an activating group) is 1. The quantitative estimate of drug-likeness (QED) is 0.635. The number of nitrogens with one attached hydrogen (secondary N) is 2. The summed E-state index contributed by atoms with van der Waals surface area (Å²) in [4.78, 5) is 25.0. The van der Waals surface area contributed by atoms with Gasteiger partial charge in [0.05, 0.1) is 13.7 Å². The zero-order valence-electron chi connectivity index (χ0n) is 17.3. The molecular weight excluding hydrogens is 368 g/mol. The summed E-state index contributed by atoms with van der Waals surface area (Å²) in [6.07, 6.45) is 1.63. The molecule has 6 heteroatoms. The normalized spacial score (nSPS) is 11.1. The Morgan fingerprint density at radius 2 is 1.62 bits per heavy atom. The largest absolute Gasteiger partial charge is 0.497 e. The average Bonchev–Trinajstić information content (AvgIpc) is 2.72. The van der Waals surface area contributed by atoms with Crippen molar-refractivity contribution < 1.29 is 19.1 Å². The van der Waals surface area contributed by atoms with Gasteiger partial charge in [-0.25, -0.2) is 0 Å². The molecule has 154 valence electrons. The van der Waals surface area contributed by atoms with Crippen molar-refractivity contribution in [1.82, 2.24) is 10.6 Å². The second kappa shape index (κ2) is 10.9. The van der Waals surface area contributed by atoms with E-state index in [2.05, 4.69) is 24.5 Å². The van der Waals surface area contributed by atoms with E-state index in [1.165, 1.54) is 0 Å². The number of hydrogen-bond acceptors (Lipinski definition) is 4. The van der Waals surface area contributed by atoms with Gasteiger partial charge < -0.3 is 20.1 Å². The van der Waals surface area contributed by atoms with Gasteiger partial charge in [0.1, 0.15) is 17.2 Å². The lowest BCUT2D eigenvalue weighted by Crippen LogP contribution is -2.34. The van der Waals surface area contributed by atoms with Crippen LogP contribution >= 0.6 is 0 Å². The molecule has 0 aromatic heterocycles. The zero-order valence-corrected chi connectivity index (χ0v) is 17.3. The van der Waals surface area contributed by atoms with Crippen LogP contribution in [0.25, 0.3) is 6.08 Å². The molecule has 0 aliphatic rings. The average molecular weight is 396 g/mol. The minimum absolute atomic E-state index is 0.169. The highest BCUT2D eigenvalue weighted by Gasteiger charge is 2.14. The van der Waals surface area contributed by atoms with Crippen LogP contribution in [0.3, 0.4) is 0 Å². The summed E-state index contributed by atoms with van der Waals surface area (Å²) in [7, 11) is 1.59. The van der Waals surface area contributed by atoms with Crippen LogP contribution in [0.2, 0.25) is 0 Å². The molecule has 0 radical (unpaired) electrons. The van der Waals surface area contributed by atoms with Gasteiger partial charge in [0.2, 0.25) is 0 Å². The highest BCUT2D eigenvalue weighted by Crippen LogP contribution is 2.15. The van der Waals surface area contributed by atoms with E-state index < -0.39 is 0 Å². The van der Waals surface area contributed by atoms with Crippen molar-refractivity contribution in [2.45, 2.75) is 20.8 Å². The van der Waals surface area contributed by atoms with Gasteiger partial charge in [-0.1, -0.05) is 26.0 Å². The molecule has 2 aromatic rings. The predicted octanol–water partition coefficient (Wildman–Crippen LogP) is 3.64. The summed E-state index contributed by atoms with van der Waals surface area (Å²) in [6.45, 7) is 7.02. The van der Waals surface area contributed by atoms with Gasteiger partial charge in [-0.3, -0.25) is 9.59 Å². The third-order valence-corrected chi connectivity index (χ3v) is 3.96. The van der Waals surface area contributed by atoms with E-state index in [0.717, 1.165) is 5.56 Å². The highest BCUT2D eigenvalue weighted by molar-refractivity contribution is 6.05. The number of methoxy groups -OCH3 is 1. The number of ether oxygens (including phenoxy) is 2. The molecule has 2 rings (SSSR count). The van der Waals surface area contributed by atoms with Crippen LogP contribution < -0.4 is 20.1 Å². The van der Waals surface area contributed by atoms with Gasteiger partial charge in [0.15, 0.2) is 0 Å². The van der Waals surface area contributed by atoms with Gasteiger partial charge in [0, 0.05) is 12.1 Å². The maximum atomic E-state index is 12.6. The SMILES string of the molecule is CCNC(=O)/C(=C/c1ccc(OC)cc1)NC(=O)c1ccc(OCC(C)C)cc1. The first-order valence-corrected chi connectivity index (χ1v) is 9.61. The van der Waals surface area contributed by atoms with Gasteiger partial charge in [0.25, 0.3) is 11.8 Å². The molecular formula is C23H28N2O4. The second-order valence-corrected chi connectivity index (χ2v) is 6.87. The van der Waals surface area contributed by atoms with E-state index >= 15 is 0 Å². The number of benzene rings is 2. The topological polar surface area (TPSA) is 76.7 Å². The van der Waals surface area contributed by atoms with Gasteiger partial charge in [-0.2, -0.15) is 0 Å². The Labute approximate surface area is 171 Å². The zero-order chi connectivity index (χ0) is 21.2. The smallest absolute Gasteiger partial charge is 0.267 e. The first-order chi connectivity index (χ1) is 13.9. The molecule has 6 nitrogen and oxygen atoms in total. The van der Waals surface area contributed by atoms with Crippen LogP contribution in [0.4, 0.5) is 0 Å². The minimum Gasteiger partial charge on any atom is -0.497 e. The maximum absolute atomic E-state index is 12.6. The Kier molecular flexibility index (Phi) is 8.27.